The van der Waals surface area contributed by atoms with Crippen molar-refractivity contribution in [1.29, 1.82) is 0 Å². The van der Waals surface area contributed by atoms with E-state index in [1.54, 1.807) is 7.11 Å². The minimum atomic E-state index is -0.0521. The molecule has 0 bridgehead atoms. The molecular formula is C31H38N6O3. The Kier molecular flexibility index (Phi) is 9.26. The SMILES string of the molecule is COc1ccc(CCN2CCC(OCc3cc4c(NCCNC(C)=O)nc(-c5ccccc5)nc4[nH]3)CC2)cc1. The molecule has 2 aromatic heterocycles. The van der Waals surface area contributed by atoms with E-state index in [1.165, 1.54) is 12.5 Å². The van der Waals surface area contributed by atoms with Crippen LogP contribution in [0, 0.1) is 0 Å². The molecule has 2 aromatic carbocycles. The molecule has 1 aliphatic rings. The van der Waals surface area contributed by atoms with Gasteiger partial charge in [-0.2, -0.15) is 0 Å². The van der Waals surface area contributed by atoms with Gasteiger partial charge in [0.15, 0.2) is 5.82 Å². The van der Waals surface area contributed by atoms with Crippen molar-refractivity contribution in [2.45, 2.75) is 38.9 Å². The Morgan fingerprint density at radius 3 is 2.55 bits per heavy atom. The highest BCUT2D eigenvalue weighted by molar-refractivity contribution is 5.89. The van der Waals surface area contributed by atoms with Gasteiger partial charge < -0.3 is 30.0 Å². The van der Waals surface area contributed by atoms with Gasteiger partial charge in [-0.25, -0.2) is 9.97 Å². The van der Waals surface area contributed by atoms with E-state index in [0.717, 1.165) is 72.8 Å². The van der Waals surface area contributed by atoms with Crippen LogP contribution < -0.4 is 15.4 Å². The van der Waals surface area contributed by atoms with Crippen molar-refractivity contribution in [3.05, 3.63) is 71.9 Å². The molecule has 1 aliphatic heterocycles. The van der Waals surface area contributed by atoms with Gasteiger partial charge in [-0.05, 0) is 43.0 Å². The number of likely N-dealkylation sites (tertiary alicyclic amines) is 1. The average Bonchev–Trinajstić information content (AvgIpc) is 3.41. The van der Waals surface area contributed by atoms with Crippen molar-refractivity contribution in [2.75, 3.05) is 45.2 Å². The van der Waals surface area contributed by atoms with Crippen molar-refractivity contribution in [3.8, 4) is 17.1 Å². The fraction of sp³-hybridized carbons (Fsp3) is 0.387. The first-order chi connectivity index (χ1) is 19.6. The summed E-state index contributed by atoms with van der Waals surface area (Å²) in [6, 6.07) is 20.3. The molecule has 0 saturated carbocycles. The number of hydrogen-bond acceptors (Lipinski definition) is 7. The second kappa shape index (κ2) is 13.4. The highest BCUT2D eigenvalue weighted by Gasteiger charge is 2.20. The van der Waals surface area contributed by atoms with E-state index in [2.05, 4.69) is 38.7 Å². The Labute approximate surface area is 235 Å². The second-order valence-electron chi connectivity index (χ2n) is 10.2. The first kappa shape index (κ1) is 27.6. The molecule has 9 heteroatoms. The largest absolute Gasteiger partial charge is 0.497 e. The maximum atomic E-state index is 11.3. The third-order valence-electron chi connectivity index (χ3n) is 7.25. The van der Waals surface area contributed by atoms with Crippen LogP contribution in [0.1, 0.15) is 31.0 Å². The second-order valence-corrected chi connectivity index (χ2v) is 10.2. The molecule has 3 N–H and O–H groups in total. The Morgan fingerprint density at radius 2 is 1.82 bits per heavy atom. The Balaban J connectivity index is 1.17. The monoisotopic (exact) mass is 542 g/mol. The third-order valence-corrected chi connectivity index (χ3v) is 7.25. The molecule has 210 valence electrons. The van der Waals surface area contributed by atoms with Gasteiger partial charge in [0, 0.05) is 50.9 Å². The maximum absolute atomic E-state index is 11.3. The van der Waals surface area contributed by atoms with Gasteiger partial charge in [0.2, 0.25) is 5.91 Å². The number of carbonyl (C=O) groups is 1. The normalized spacial score (nSPS) is 14.3. The first-order valence-corrected chi connectivity index (χ1v) is 14.0. The quantitative estimate of drug-likeness (QED) is 0.228. The molecule has 0 atom stereocenters. The minimum Gasteiger partial charge on any atom is -0.497 e. The van der Waals surface area contributed by atoms with Crippen LogP contribution in [0.15, 0.2) is 60.7 Å². The Hall–Kier alpha value is -3.95. The molecule has 4 aromatic rings. The van der Waals surface area contributed by atoms with Crippen molar-refractivity contribution in [1.82, 2.24) is 25.2 Å². The van der Waals surface area contributed by atoms with Gasteiger partial charge in [0.25, 0.3) is 0 Å². The van der Waals surface area contributed by atoms with Crippen molar-refractivity contribution in [2.24, 2.45) is 0 Å². The fourth-order valence-electron chi connectivity index (χ4n) is 5.00. The average molecular weight is 543 g/mol. The highest BCUT2D eigenvalue weighted by atomic mass is 16.5. The van der Waals surface area contributed by atoms with Gasteiger partial charge in [-0.15, -0.1) is 0 Å². The molecule has 3 heterocycles. The third kappa shape index (κ3) is 7.37. The van der Waals surface area contributed by atoms with Gasteiger partial charge in [0.1, 0.15) is 17.2 Å². The van der Waals surface area contributed by atoms with E-state index in [9.17, 15) is 4.79 Å². The van der Waals surface area contributed by atoms with Crippen LogP contribution in [-0.2, 0) is 22.6 Å². The number of anilines is 1. The molecule has 0 unspecified atom stereocenters. The predicted octanol–water partition coefficient (Wildman–Crippen LogP) is 4.41. The zero-order valence-corrected chi connectivity index (χ0v) is 23.3. The topological polar surface area (TPSA) is 104 Å². The molecule has 1 amide bonds. The number of methoxy groups -OCH3 is 1. The minimum absolute atomic E-state index is 0.0521. The number of rotatable bonds is 12. The molecular weight excluding hydrogens is 504 g/mol. The van der Waals surface area contributed by atoms with E-state index in [1.807, 2.05) is 42.5 Å². The summed E-state index contributed by atoms with van der Waals surface area (Å²) in [6.07, 6.45) is 3.33. The lowest BCUT2D eigenvalue weighted by Crippen LogP contribution is -2.38. The van der Waals surface area contributed by atoms with Crippen LogP contribution in [0.2, 0.25) is 0 Å². The number of ether oxygens (including phenoxy) is 2. The van der Waals surface area contributed by atoms with Crippen LogP contribution in [0.5, 0.6) is 5.75 Å². The smallest absolute Gasteiger partial charge is 0.216 e. The standard InChI is InChI=1S/C31H38N6O3/c1-22(38)32-15-16-33-30-28-20-25(34-31(28)36-29(35-30)24-6-4-3-5-7-24)21-40-27-13-18-37(19-14-27)17-12-23-8-10-26(39-2)11-9-23/h3-11,20,27H,12-19,21H2,1-2H3,(H,32,38)(H2,33,34,35,36). The van der Waals surface area contributed by atoms with Crippen LogP contribution in [0.25, 0.3) is 22.4 Å². The zero-order chi connectivity index (χ0) is 27.7. The molecule has 9 nitrogen and oxygen atoms in total. The maximum Gasteiger partial charge on any atom is 0.216 e. The zero-order valence-electron chi connectivity index (χ0n) is 23.3. The lowest BCUT2D eigenvalue weighted by molar-refractivity contribution is -0.118. The number of hydrogen-bond donors (Lipinski definition) is 3. The predicted molar refractivity (Wildman–Crippen MR) is 157 cm³/mol. The van der Waals surface area contributed by atoms with E-state index < -0.39 is 0 Å². The molecule has 1 fully saturated rings. The fourth-order valence-corrected chi connectivity index (χ4v) is 5.00. The van der Waals surface area contributed by atoms with Gasteiger partial charge >= 0.3 is 0 Å². The number of nitrogens with zero attached hydrogens (tertiary/aromatic N) is 3. The number of benzene rings is 2. The molecule has 40 heavy (non-hydrogen) atoms. The Bertz CT molecular complexity index is 1380. The molecule has 0 radical (unpaired) electrons. The van der Waals surface area contributed by atoms with Crippen molar-refractivity contribution >= 4 is 22.8 Å². The van der Waals surface area contributed by atoms with E-state index in [0.29, 0.717) is 25.5 Å². The Morgan fingerprint density at radius 1 is 1.05 bits per heavy atom. The number of piperidine rings is 1. The summed E-state index contributed by atoms with van der Waals surface area (Å²) in [6.45, 7) is 6.24. The van der Waals surface area contributed by atoms with Crippen LogP contribution in [0.4, 0.5) is 5.82 Å². The van der Waals surface area contributed by atoms with Crippen molar-refractivity contribution in [3.63, 3.8) is 0 Å². The highest BCUT2D eigenvalue weighted by Crippen LogP contribution is 2.26. The van der Waals surface area contributed by atoms with Crippen LogP contribution in [-0.4, -0.2) is 71.7 Å². The van der Waals surface area contributed by atoms with Crippen LogP contribution in [0.3, 0.4) is 0 Å². The lowest BCUT2D eigenvalue weighted by atomic mass is 10.1. The van der Waals surface area contributed by atoms with E-state index >= 15 is 0 Å². The summed E-state index contributed by atoms with van der Waals surface area (Å²) < 4.78 is 11.6. The number of fused-ring (bicyclic) bond motifs is 1. The summed E-state index contributed by atoms with van der Waals surface area (Å²) in [7, 11) is 1.70. The number of aromatic nitrogens is 3. The molecule has 0 spiro atoms. The number of aromatic amines is 1. The number of nitrogens with one attached hydrogen (secondary N) is 3. The van der Waals surface area contributed by atoms with Gasteiger partial charge in [0.05, 0.1) is 25.2 Å². The van der Waals surface area contributed by atoms with E-state index in [-0.39, 0.29) is 12.0 Å². The van der Waals surface area contributed by atoms with E-state index in [4.69, 9.17) is 19.4 Å². The number of H-pyrrole nitrogens is 1. The molecule has 0 aliphatic carbocycles. The summed E-state index contributed by atoms with van der Waals surface area (Å²) in [5.41, 5.74) is 4.02. The summed E-state index contributed by atoms with van der Waals surface area (Å²) in [4.78, 5) is 26.8. The number of amides is 1. The summed E-state index contributed by atoms with van der Waals surface area (Å²) >= 11 is 0. The number of carbonyl (C=O) groups excluding carboxylic acids is 1. The molecule has 5 rings (SSSR count). The van der Waals surface area contributed by atoms with Gasteiger partial charge in [-0.1, -0.05) is 42.5 Å². The van der Waals surface area contributed by atoms with Crippen LogP contribution >= 0.6 is 0 Å². The first-order valence-electron chi connectivity index (χ1n) is 14.0. The lowest BCUT2D eigenvalue weighted by Gasteiger charge is -2.31. The van der Waals surface area contributed by atoms with Crippen molar-refractivity contribution < 1.29 is 14.3 Å². The summed E-state index contributed by atoms with van der Waals surface area (Å²) in [5, 5.41) is 7.09. The summed E-state index contributed by atoms with van der Waals surface area (Å²) in [5.74, 6) is 2.23. The van der Waals surface area contributed by atoms with Gasteiger partial charge in [-0.3, -0.25) is 4.79 Å². The molecule has 1 saturated heterocycles.